The Kier molecular flexibility index (Phi) is 5.99. The van der Waals surface area contributed by atoms with Gasteiger partial charge < -0.3 is 29.0 Å². The van der Waals surface area contributed by atoms with Gasteiger partial charge in [0, 0.05) is 18.1 Å². The topological polar surface area (TPSA) is 113 Å². The minimum atomic E-state index is -1.05. The fourth-order valence-electron chi connectivity index (χ4n) is 4.16. The van der Waals surface area contributed by atoms with E-state index in [1.54, 1.807) is 30.3 Å². The number of rotatable bonds is 7. The molecule has 2 aliphatic heterocycles. The summed E-state index contributed by atoms with van der Waals surface area (Å²) in [5.74, 6) is 0.197. The van der Waals surface area contributed by atoms with Gasteiger partial charge in [0.15, 0.2) is 11.5 Å². The van der Waals surface area contributed by atoms with Gasteiger partial charge in [-0.15, -0.1) is 0 Å². The van der Waals surface area contributed by atoms with Crippen LogP contribution in [0.15, 0.2) is 30.3 Å². The lowest BCUT2D eigenvalue weighted by atomic mass is 10.0. The zero-order valence-electron chi connectivity index (χ0n) is 18.7. The fourth-order valence-corrected chi connectivity index (χ4v) is 4.16. The molecule has 1 fully saturated rings. The van der Waals surface area contributed by atoms with Crippen LogP contribution in [-0.2, 0) is 14.3 Å². The lowest BCUT2D eigenvalue weighted by molar-refractivity contribution is -0.144. The Hall–Kier alpha value is -3.95. The van der Waals surface area contributed by atoms with Crippen LogP contribution in [0.2, 0.25) is 0 Å². The van der Waals surface area contributed by atoms with E-state index in [1.807, 2.05) is 0 Å². The van der Waals surface area contributed by atoms with E-state index in [4.69, 9.17) is 23.7 Å². The number of nitrogens with zero attached hydrogens (tertiary/aromatic N) is 1. The van der Waals surface area contributed by atoms with Crippen LogP contribution in [0.4, 0.5) is 5.69 Å². The van der Waals surface area contributed by atoms with Gasteiger partial charge in [0.25, 0.3) is 0 Å². The highest BCUT2D eigenvalue weighted by Gasteiger charge is 2.47. The van der Waals surface area contributed by atoms with E-state index in [2.05, 4.69) is 5.32 Å². The molecule has 10 nitrogen and oxygen atoms in total. The molecule has 0 radical (unpaired) electrons. The van der Waals surface area contributed by atoms with Gasteiger partial charge in [-0.25, -0.2) is 4.79 Å². The highest BCUT2D eigenvalue weighted by Crippen LogP contribution is 2.45. The Bertz CT molecular complexity index is 1120. The molecule has 1 saturated heterocycles. The number of likely N-dealkylation sites (tertiary alicyclic amines) is 1. The number of benzene rings is 2. The molecule has 1 unspecified atom stereocenters. The highest BCUT2D eigenvalue weighted by atomic mass is 16.6. The van der Waals surface area contributed by atoms with Crippen molar-refractivity contribution in [2.45, 2.75) is 25.1 Å². The van der Waals surface area contributed by atoms with Crippen molar-refractivity contribution in [3.63, 3.8) is 0 Å². The van der Waals surface area contributed by atoms with Gasteiger partial charge in [0.05, 0.1) is 34.1 Å². The molecule has 2 atom stereocenters. The van der Waals surface area contributed by atoms with E-state index in [1.165, 1.54) is 33.3 Å². The molecular formula is C23H24N2O8. The minimum Gasteiger partial charge on any atom is -0.497 e. The SMILES string of the molecule is COc1ccc(NC(=O)[C@@H]2CCC(=O)N2C2OC(=O)c3c2ccc(OC)c3OC)c(OC)c1. The van der Waals surface area contributed by atoms with Gasteiger partial charge in [-0.05, 0) is 30.7 Å². The Balaban J connectivity index is 1.64. The number of anilines is 1. The number of methoxy groups -OCH3 is 4. The summed E-state index contributed by atoms with van der Waals surface area (Å²) in [6.07, 6.45) is -0.621. The van der Waals surface area contributed by atoms with Crippen LogP contribution in [0, 0.1) is 0 Å². The predicted octanol–water partition coefficient (Wildman–Crippen LogP) is 2.52. The monoisotopic (exact) mass is 456 g/mol. The lowest BCUT2D eigenvalue weighted by Gasteiger charge is -2.29. The Morgan fingerprint density at radius 3 is 2.42 bits per heavy atom. The van der Waals surface area contributed by atoms with E-state index in [9.17, 15) is 14.4 Å². The van der Waals surface area contributed by atoms with Crippen molar-refractivity contribution in [3.8, 4) is 23.0 Å². The molecule has 0 aliphatic carbocycles. The molecule has 33 heavy (non-hydrogen) atoms. The van der Waals surface area contributed by atoms with Crippen LogP contribution in [0.3, 0.4) is 0 Å². The van der Waals surface area contributed by atoms with Gasteiger partial charge >= 0.3 is 5.97 Å². The standard InChI is InChI=1S/C23H24N2O8/c1-29-12-5-7-14(17(11-12)31-3)24-21(27)15-8-10-18(26)25(15)22-13-6-9-16(30-2)20(32-4)19(13)23(28)33-22/h5-7,9,11,15,22H,8,10H2,1-4H3,(H,24,27)/t15-,22?/m0/s1. The summed E-state index contributed by atoms with van der Waals surface area (Å²) in [6, 6.07) is 7.40. The zero-order valence-corrected chi connectivity index (χ0v) is 18.7. The minimum absolute atomic E-state index is 0.147. The first-order valence-electron chi connectivity index (χ1n) is 10.2. The van der Waals surface area contributed by atoms with E-state index in [0.29, 0.717) is 28.5 Å². The second-order valence-corrected chi connectivity index (χ2v) is 7.43. The summed E-state index contributed by atoms with van der Waals surface area (Å²) in [6.45, 7) is 0. The zero-order chi connectivity index (χ0) is 23.7. The third-order valence-electron chi connectivity index (χ3n) is 5.74. The van der Waals surface area contributed by atoms with Crippen molar-refractivity contribution >= 4 is 23.5 Å². The van der Waals surface area contributed by atoms with Gasteiger partial charge in [-0.3, -0.25) is 14.5 Å². The van der Waals surface area contributed by atoms with Gasteiger partial charge in [0.2, 0.25) is 18.0 Å². The molecule has 2 aromatic rings. The summed E-state index contributed by atoms with van der Waals surface area (Å²) < 4.78 is 26.7. The molecule has 1 N–H and O–H groups in total. The first-order chi connectivity index (χ1) is 15.9. The van der Waals surface area contributed by atoms with Crippen molar-refractivity contribution < 1.29 is 38.1 Å². The largest absolute Gasteiger partial charge is 0.497 e. The molecule has 0 bridgehead atoms. The van der Waals surface area contributed by atoms with Crippen molar-refractivity contribution in [1.29, 1.82) is 0 Å². The fraction of sp³-hybridized carbons (Fsp3) is 0.348. The summed E-state index contributed by atoms with van der Waals surface area (Å²) in [4.78, 5) is 40.0. The number of hydrogen-bond acceptors (Lipinski definition) is 8. The molecule has 0 aromatic heterocycles. The van der Waals surface area contributed by atoms with E-state index in [-0.39, 0.29) is 30.1 Å². The molecule has 4 rings (SSSR count). The number of amides is 2. The highest BCUT2D eigenvalue weighted by molar-refractivity contribution is 6.02. The Morgan fingerprint density at radius 2 is 1.76 bits per heavy atom. The van der Waals surface area contributed by atoms with Crippen molar-refractivity contribution in [2.24, 2.45) is 0 Å². The van der Waals surface area contributed by atoms with Crippen molar-refractivity contribution in [2.75, 3.05) is 33.8 Å². The Labute approximate surface area is 190 Å². The molecule has 10 heteroatoms. The number of carbonyl (C=O) groups excluding carboxylic acids is 3. The van der Waals surface area contributed by atoms with Crippen molar-refractivity contribution in [3.05, 3.63) is 41.5 Å². The molecule has 0 saturated carbocycles. The number of ether oxygens (including phenoxy) is 5. The molecule has 2 aliphatic rings. The van der Waals surface area contributed by atoms with E-state index >= 15 is 0 Å². The number of esters is 1. The molecule has 2 aromatic carbocycles. The summed E-state index contributed by atoms with van der Waals surface area (Å²) in [5, 5.41) is 2.81. The molecular weight excluding hydrogens is 432 g/mol. The third kappa shape index (κ3) is 3.77. The molecule has 0 spiro atoms. The van der Waals surface area contributed by atoms with Crippen LogP contribution in [-0.4, -0.2) is 57.2 Å². The molecule has 174 valence electrons. The summed E-state index contributed by atoms with van der Waals surface area (Å²) >= 11 is 0. The number of cyclic esters (lactones) is 1. The van der Waals surface area contributed by atoms with Crippen LogP contribution >= 0.6 is 0 Å². The summed E-state index contributed by atoms with van der Waals surface area (Å²) in [7, 11) is 5.88. The molecule has 2 amide bonds. The second kappa shape index (κ2) is 8.89. The number of nitrogens with one attached hydrogen (secondary N) is 1. The quantitative estimate of drug-likeness (QED) is 0.633. The van der Waals surface area contributed by atoms with Crippen LogP contribution in [0.1, 0.15) is 35.0 Å². The number of hydrogen-bond donors (Lipinski definition) is 1. The lowest BCUT2D eigenvalue weighted by Crippen LogP contribution is -2.43. The average molecular weight is 456 g/mol. The van der Waals surface area contributed by atoms with Crippen molar-refractivity contribution in [1.82, 2.24) is 4.90 Å². The van der Waals surface area contributed by atoms with E-state index in [0.717, 1.165) is 0 Å². The van der Waals surface area contributed by atoms with Crippen LogP contribution < -0.4 is 24.3 Å². The van der Waals surface area contributed by atoms with Gasteiger partial charge in [-0.2, -0.15) is 0 Å². The van der Waals surface area contributed by atoms with Crippen LogP contribution in [0.25, 0.3) is 0 Å². The van der Waals surface area contributed by atoms with Gasteiger partial charge in [0.1, 0.15) is 23.1 Å². The smallest absolute Gasteiger partial charge is 0.344 e. The maximum Gasteiger partial charge on any atom is 0.344 e. The normalized spacial score (nSPS) is 19.1. The second-order valence-electron chi connectivity index (χ2n) is 7.43. The molecule has 2 heterocycles. The number of fused-ring (bicyclic) bond motifs is 1. The Morgan fingerprint density at radius 1 is 1.00 bits per heavy atom. The first-order valence-corrected chi connectivity index (χ1v) is 10.2. The van der Waals surface area contributed by atoms with Gasteiger partial charge in [-0.1, -0.05) is 0 Å². The van der Waals surface area contributed by atoms with E-state index < -0.39 is 24.1 Å². The maximum absolute atomic E-state index is 13.2. The summed E-state index contributed by atoms with van der Waals surface area (Å²) in [5.41, 5.74) is 1.04. The average Bonchev–Trinajstić information content (AvgIpc) is 3.37. The third-order valence-corrected chi connectivity index (χ3v) is 5.74. The predicted molar refractivity (Wildman–Crippen MR) is 116 cm³/mol. The first kappa shape index (κ1) is 22.3. The van der Waals surface area contributed by atoms with Crippen LogP contribution in [0.5, 0.6) is 23.0 Å². The maximum atomic E-state index is 13.2. The number of carbonyl (C=O) groups is 3.